The first-order valence-corrected chi connectivity index (χ1v) is 12.1. The Morgan fingerprint density at radius 2 is 1.69 bits per heavy atom. The highest BCUT2D eigenvalue weighted by Gasteiger charge is 2.31. The minimum Gasteiger partial charge on any atom is -0.462 e. The van der Waals surface area contributed by atoms with Crippen LogP contribution in [0.5, 0.6) is 0 Å². The summed E-state index contributed by atoms with van der Waals surface area (Å²) in [5.41, 5.74) is 3.45. The fourth-order valence-electron chi connectivity index (χ4n) is 4.29. The highest BCUT2D eigenvalue weighted by atomic mass is 32.1. The third-order valence-electron chi connectivity index (χ3n) is 5.92. The summed E-state index contributed by atoms with van der Waals surface area (Å²) in [4.78, 5) is 27.8. The van der Waals surface area contributed by atoms with Crippen molar-refractivity contribution in [3.8, 4) is 0 Å². The van der Waals surface area contributed by atoms with E-state index in [0.29, 0.717) is 23.1 Å². The third-order valence-corrected chi connectivity index (χ3v) is 7.09. The molecule has 1 aliphatic carbocycles. The molecule has 0 saturated heterocycles. The van der Waals surface area contributed by atoms with Crippen molar-refractivity contribution in [3.05, 3.63) is 87.8 Å². The second kappa shape index (κ2) is 10.1. The largest absolute Gasteiger partial charge is 0.462 e. The molecular weight excluding hydrogens is 418 g/mol. The van der Waals surface area contributed by atoms with E-state index in [9.17, 15) is 9.59 Å². The van der Waals surface area contributed by atoms with Gasteiger partial charge in [0.1, 0.15) is 5.00 Å². The van der Waals surface area contributed by atoms with Crippen LogP contribution < -0.4 is 5.32 Å². The minimum absolute atomic E-state index is 0.140. The molecule has 2 aromatic carbocycles. The second-order valence-corrected chi connectivity index (χ2v) is 9.54. The fraction of sp³-hybridized carbons (Fsp3) is 0.333. The molecule has 5 heteroatoms. The lowest BCUT2D eigenvalue weighted by atomic mass is 9.88. The summed E-state index contributed by atoms with van der Waals surface area (Å²) in [6, 6.07) is 19.5. The van der Waals surface area contributed by atoms with Crippen molar-refractivity contribution in [1.29, 1.82) is 0 Å². The number of ether oxygens (including phenoxy) is 1. The number of thiophene rings is 1. The van der Waals surface area contributed by atoms with Crippen LogP contribution in [0.2, 0.25) is 0 Å². The summed E-state index contributed by atoms with van der Waals surface area (Å²) >= 11 is 1.53. The van der Waals surface area contributed by atoms with E-state index in [1.54, 1.807) is 0 Å². The van der Waals surface area contributed by atoms with Crippen molar-refractivity contribution in [3.63, 3.8) is 0 Å². The van der Waals surface area contributed by atoms with Crippen molar-refractivity contribution in [2.45, 2.75) is 45.4 Å². The Bertz CT molecular complexity index is 1040. The molecule has 1 aliphatic rings. The van der Waals surface area contributed by atoms with E-state index in [1.165, 1.54) is 16.2 Å². The summed E-state index contributed by atoms with van der Waals surface area (Å²) in [5.74, 6) is -0.357. The van der Waals surface area contributed by atoms with E-state index in [1.807, 2.05) is 67.6 Å². The first kappa shape index (κ1) is 22.3. The number of rotatable bonds is 7. The van der Waals surface area contributed by atoms with Gasteiger partial charge in [0.05, 0.1) is 18.1 Å². The number of anilines is 1. The summed E-state index contributed by atoms with van der Waals surface area (Å²) < 4.78 is 5.50. The average Bonchev–Trinajstić information content (AvgIpc) is 3.15. The summed E-state index contributed by atoms with van der Waals surface area (Å²) in [6.45, 7) is 4.59. The SMILES string of the molecule is CCCOC(=O)c1c(NC(=O)C(c2ccccc2)c2ccccc2)sc2c1CC[C@H](C)C2. The molecule has 32 heavy (non-hydrogen) atoms. The quantitative estimate of drug-likeness (QED) is 0.438. The predicted octanol–water partition coefficient (Wildman–Crippen LogP) is 6.21. The minimum atomic E-state index is -0.463. The third kappa shape index (κ3) is 4.78. The molecule has 0 radical (unpaired) electrons. The van der Waals surface area contributed by atoms with Crippen molar-refractivity contribution < 1.29 is 14.3 Å². The van der Waals surface area contributed by atoms with Crippen LogP contribution in [0.4, 0.5) is 5.00 Å². The van der Waals surface area contributed by atoms with Gasteiger partial charge < -0.3 is 10.1 Å². The molecule has 0 saturated carbocycles. The van der Waals surface area contributed by atoms with Gasteiger partial charge in [-0.2, -0.15) is 0 Å². The first-order chi connectivity index (χ1) is 15.6. The molecule has 0 aliphatic heterocycles. The van der Waals surface area contributed by atoms with E-state index >= 15 is 0 Å². The highest BCUT2D eigenvalue weighted by Crippen LogP contribution is 2.41. The first-order valence-electron chi connectivity index (χ1n) is 11.3. The Hall–Kier alpha value is -2.92. The smallest absolute Gasteiger partial charge is 0.341 e. The normalized spacial score (nSPS) is 15.3. The van der Waals surface area contributed by atoms with Crippen LogP contribution in [0.3, 0.4) is 0 Å². The maximum Gasteiger partial charge on any atom is 0.341 e. The van der Waals surface area contributed by atoms with Gasteiger partial charge in [0, 0.05) is 4.88 Å². The molecule has 3 aromatic rings. The topological polar surface area (TPSA) is 55.4 Å². The van der Waals surface area contributed by atoms with E-state index in [0.717, 1.165) is 42.4 Å². The number of benzene rings is 2. The van der Waals surface area contributed by atoms with Crippen LogP contribution >= 0.6 is 11.3 Å². The fourth-order valence-corrected chi connectivity index (χ4v) is 5.69. The van der Waals surface area contributed by atoms with E-state index in [-0.39, 0.29) is 11.9 Å². The van der Waals surface area contributed by atoms with E-state index in [2.05, 4.69) is 12.2 Å². The van der Waals surface area contributed by atoms with Gasteiger partial charge in [-0.1, -0.05) is 74.5 Å². The monoisotopic (exact) mass is 447 g/mol. The van der Waals surface area contributed by atoms with Gasteiger partial charge in [-0.05, 0) is 48.3 Å². The van der Waals surface area contributed by atoms with Gasteiger partial charge in [-0.3, -0.25) is 4.79 Å². The Balaban J connectivity index is 1.70. The lowest BCUT2D eigenvalue weighted by Gasteiger charge is -2.19. The lowest BCUT2D eigenvalue weighted by Crippen LogP contribution is -2.23. The van der Waals surface area contributed by atoms with Gasteiger partial charge in [0.2, 0.25) is 5.91 Å². The van der Waals surface area contributed by atoms with Crippen molar-refractivity contribution in [1.82, 2.24) is 0 Å². The Labute approximate surface area is 193 Å². The van der Waals surface area contributed by atoms with Gasteiger partial charge in [0.25, 0.3) is 0 Å². The van der Waals surface area contributed by atoms with Gasteiger partial charge >= 0.3 is 5.97 Å². The van der Waals surface area contributed by atoms with Crippen LogP contribution in [0.15, 0.2) is 60.7 Å². The maximum atomic E-state index is 13.6. The number of fused-ring (bicyclic) bond motifs is 1. The lowest BCUT2D eigenvalue weighted by molar-refractivity contribution is -0.116. The molecule has 1 amide bonds. The van der Waals surface area contributed by atoms with E-state index in [4.69, 9.17) is 4.74 Å². The van der Waals surface area contributed by atoms with Crippen LogP contribution in [-0.4, -0.2) is 18.5 Å². The predicted molar refractivity (Wildman–Crippen MR) is 129 cm³/mol. The molecule has 0 fully saturated rings. The molecule has 1 heterocycles. The standard InChI is InChI=1S/C27H29NO3S/c1-3-16-31-27(30)24-21-15-14-18(2)17-22(21)32-26(24)28-25(29)23(19-10-6-4-7-11-19)20-12-8-5-9-13-20/h4-13,18,23H,3,14-17H2,1-2H3,(H,28,29)/t18-/m0/s1. The van der Waals surface area contributed by atoms with Crippen molar-refractivity contribution in [2.24, 2.45) is 5.92 Å². The summed E-state index contributed by atoms with van der Waals surface area (Å²) in [5, 5.41) is 3.73. The number of amides is 1. The highest BCUT2D eigenvalue weighted by molar-refractivity contribution is 7.17. The number of hydrogen-bond acceptors (Lipinski definition) is 4. The number of carbonyl (C=O) groups is 2. The molecule has 0 unspecified atom stereocenters. The Morgan fingerprint density at radius 1 is 1.06 bits per heavy atom. The van der Waals surface area contributed by atoms with Gasteiger partial charge in [-0.15, -0.1) is 11.3 Å². The molecule has 4 nitrogen and oxygen atoms in total. The van der Waals surface area contributed by atoms with Gasteiger partial charge in [-0.25, -0.2) is 4.79 Å². The van der Waals surface area contributed by atoms with Crippen LogP contribution in [-0.2, 0) is 22.4 Å². The maximum absolute atomic E-state index is 13.6. The average molecular weight is 448 g/mol. The molecule has 4 rings (SSSR count). The number of esters is 1. The number of hydrogen-bond donors (Lipinski definition) is 1. The zero-order valence-electron chi connectivity index (χ0n) is 18.6. The van der Waals surface area contributed by atoms with Crippen molar-refractivity contribution >= 4 is 28.2 Å². The second-order valence-electron chi connectivity index (χ2n) is 8.44. The van der Waals surface area contributed by atoms with Gasteiger partial charge in [0.15, 0.2) is 0 Å². The van der Waals surface area contributed by atoms with Crippen LogP contribution in [0.25, 0.3) is 0 Å². The number of nitrogens with one attached hydrogen (secondary N) is 1. The van der Waals surface area contributed by atoms with Crippen molar-refractivity contribution in [2.75, 3.05) is 11.9 Å². The summed E-state index contributed by atoms with van der Waals surface area (Å²) in [6.07, 6.45) is 3.59. The van der Waals surface area contributed by atoms with Crippen LogP contribution in [0.1, 0.15) is 64.5 Å². The Morgan fingerprint density at radius 3 is 2.28 bits per heavy atom. The van der Waals surface area contributed by atoms with E-state index < -0.39 is 5.92 Å². The molecule has 0 spiro atoms. The molecule has 1 atom stereocenters. The zero-order chi connectivity index (χ0) is 22.5. The molecule has 0 bridgehead atoms. The van der Waals surface area contributed by atoms with Crippen LogP contribution in [0, 0.1) is 5.92 Å². The molecular formula is C27H29NO3S. The zero-order valence-corrected chi connectivity index (χ0v) is 19.4. The molecule has 166 valence electrons. The molecule has 1 N–H and O–H groups in total. The molecule has 1 aromatic heterocycles. The summed E-state index contributed by atoms with van der Waals surface area (Å²) in [7, 11) is 0. The number of carbonyl (C=O) groups excluding carboxylic acids is 2. The Kier molecular flexibility index (Phi) is 7.05.